The number of nitrogens with zero attached hydrogens (tertiary/aromatic N) is 3. The average Bonchev–Trinajstić information content (AvgIpc) is 2.73. The fraction of sp³-hybridized carbons (Fsp3) is 0.182. The molecule has 1 aromatic heterocycles. The topological polar surface area (TPSA) is 59.8 Å². The van der Waals surface area contributed by atoms with Crippen LogP contribution in [0.15, 0.2) is 35.1 Å². The quantitative estimate of drug-likeness (QED) is 0.933. The first-order valence-electron chi connectivity index (χ1n) is 5.03. The van der Waals surface area contributed by atoms with Gasteiger partial charge in [-0.05, 0) is 24.3 Å². The monoisotopic (exact) mass is 294 g/mol. The zero-order chi connectivity index (χ0) is 12.3. The molecule has 0 saturated carbocycles. The third-order valence-electron chi connectivity index (χ3n) is 2.16. The van der Waals surface area contributed by atoms with E-state index in [1.165, 1.54) is 0 Å². The Bertz CT molecular complexity index is 521. The summed E-state index contributed by atoms with van der Waals surface area (Å²) in [5, 5.41) is 6.83. The molecular weight excluding hydrogens is 284 g/mol. The van der Waals surface area contributed by atoms with Crippen molar-refractivity contribution in [3.8, 4) is 0 Å². The van der Waals surface area contributed by atoms with Crippen LogP contribution in [0.5, 0.6) is 0 Å². The number of amides is 1. The number of rotatable bonds is 3. The Labute approximate surface area is 107 Å². The minimum Gasteiger partial charge on any atom is -0.345 e. The highest BCUT2D eigenvalue weighted by atomic mass is 79.9. The van der Waals surface area contributed by atoms with E-state index in [1.807, 2.05) is 12.1 Å². The van der Waals surface area contributed by atoms with Gasteiger partial charge in [0.05, 0.1) is 6.54 Å². The normalized spacial score (nSPS) is 10.2. The summed E-state index contributed by atoms with van der Waals surface area (Å²) in [5.74, 6) is 0.461. The molecule has 2 rings (SSSR count). The molecule has 1 N–H and O–H groups in total. The number of carbonyl (C=O) groups excluding carboxylic acids is 1. The second-order valence-electron chi connectivity index (χ2n) is 3.52. The van der Waals surface area contributed by atoms with Crippen LogP contribution in [0.3, 0.4) is 0 Å². The second kappa shape index (κ2) is 5.09. The highest BCUT2D eigenvalue weighted by Crippen LogP contribution is 2.10. The Kier molecular flexibility index (Phi) is 3.53. The Hall–Kier alpha value is -1.69. The summed E-state index contributed by atoms with van der Waals surface area (Å²) >= 11 is 3.32. The molecule has 0 fully saturated rings. The minimum atomic E-state index is -0.134. The summed E-state index contributed by atoms with van der Waals surface area (Å²) in [5.41, 5.74) is 0.615. The maximum atomic E-state index is 11.7. The van der Waals surface area contributed by atoms with Gasteiger partial charge in [-0.1, -0.05) is 15.9 Å². The van der Waals surface area contributed by atoms with E-state index in [0.29, 0.717) is 17.9 Å². The highest BCUT2D eigenvalue weighted by Gasteiger charge is 2.06. The summed E-state index contributed by atoms with van der Waals surface area (Å²) in [4.78, 5) is 15.8. The number of hydrogen-bond donors (Lipinski definition) is 1. The van der Waals surface area contributed by atoms with Crippen LogP contribution in [0.2, 0.25) is 0 Å². The molecule has 0 radical (unpaired) electrons. The van der Waals surface area contributed by atoms with E-state index in [9.17, 15) is 4.79 Å². The van der Waals surface area contributed by atoms with Crippen LogP contribution in [-0.4, -0.2) is 20.7 Å². The third-order valence-corrected chi connectivity index (χ3v) is 2.69. The first kappa shape index (κ1) is 11.8. The fourth-order valence-corrected chi connectivity index (χ4v) is 1.59. The molecule has 17 heavy (non-hydrogen) atoms. The molecule has 0 saturated heterocycles. The van der Waals surface area contributed by atoms with Crippen LogP contribution >= 0.6 is 15.9 Å². The number of aryl methyl sites for hydroxylation is 1. The minimum absolute atomic E-state index is 0.134. The summed E-state index contributed by atoms with van der Waals surface area (Å²) in [6.45, 7) is 0.329. The lowest BCUT2D eigenvalue weighted by atomic mass is 10.2. The molecule has 6 heteroatoms. The summed E-state index contributed by atoms with van der Waals surface area (Å²) < 4.78 is 2.54. The van der Waals surface area contributed by atoms with Gasteiger partial charge >= 0.3 is 0 Å². The Morgan fingerprint density at radius 2 is 2.12 bits per heavy atom. The van der Waals surface area contributed by atoms with Crippen molar-refractivity contribution in [3.63, 3.8) is 0 Å². The van der Waals surface area contributed by atoms with E-state index in [-0.39, 0.29) is 5.91 Å². The number of halogens is 1. The van der Waals surface area contributed by atoms with Gasteiger partial charge in [0.1, 0.15) is 6.33 Å². The first-order valence-corrected chi connectivity index (χ1v) is 5.83. The van der Waals surface area contributed by atoms with E-state index in [4.69, 9.17) is 0 Å². The summed E-state index contributed by atoms with van der Waals surface area (Å²) in [7, 11) is 1.78. The maximum Gasteiger partial charge on any atom is 0.251 e. The van der Waals surface area contributed by atoms with Crippen molar-refractivity contribution in [2.45, 2.75) is 6.54 Å². The summed E-state index contributed by atoms with van der Waals surface area (Å²) in [6, 6.07) is 7.17. The van der Waals surface area contributed by atoms with Gasteiger partial charge in [-0.3, -0.25) is 9.48 Å². The summed E-state index contributed by atoms with van der Waals surface area (Å²) in [6.07, 6.45) is 1.60. The van der Waals surface area contributed by atoms with Crippen LogP contribution < -0.4 is 5.32 Å². The Morgan fingerprint density at radius 1 is 1.41 bits per heavy atom. The van der Waals surface area contributed by atoms with E-state index < -0.39 is 0 Å². The Balaban J connectivity index is 1.95. The van der Waals surface area contributed by atoms with Crippen LogP contribution in [-0.2, 0) is 13.6 Å². The van der Waals surface area contributed by atoms with Crippen LogP contribution in [0.25, 0.3) is 0 Å². The molecule has 5 nitrogen and oxygen atoms in total. The van der Waals surface area contributed by atoms with Gasteiger partial charge in [-0.25, -0.2) is 4.98 Å². The van der Waals surface area contributed by atoms with Gasteiger partial charge in [0.15, 0.2) is 5.82 Å². The molecule has 1 aromatic carbocycles. The standard InChI is InChI=1S/C11H11BrN4O/c1-16-7-14-10(15-16)6-13-11(17)8-2-4-9(12)5-3-8/h2-5,7H,6H2,1H3,(H,13,17). The molecule has 0 bridgehead atoms. The van der Waals surface area contributed by atoms with Crippen molar-refractivity contribution in [2.75, 3.05) is 0 Å². The fourth-order valence-electron chi connectivity index (χ4n) is 1.33. The van der Waals surface area contributed by atoms with Gasteiger partial charge in [-0.15, -0.1) is 0 Å². The smallest absolute Gasteiger partial charge is 0.251 e. The SMILES string of the molecule is Cn1cnc(CNC(=O)c2ccc(Br)cc2)n1. The molecule has 88 valence electrons. The molecule has 0 spiro atoms. The van der Waals surface area contributed by atoms with Gasteiger partial charge in [0, 0.05) is 17.1 Å². The van der Waals surface area contributed by atoms with Crippen molar-refractivity contribution in [3.05, 3.63) is 46.5 Å². The number of benzene rings is 1. The number of aromatic nitrogens is 3. The predicted molar refractivity (Wildman–Crippen MR) is 66.3 cm³/mol. The van der Waals surface area contributed by atoms with E-state index in [2.05, 4.69) is 31.3 Å². The van der Waals surface area contributed by atoms with Crippen molar-refractivity contribution >= 4 is 21.8 Å². The van der Waals surface area contributed by atoms with E-state index in [1.54, 1.807) is 30.2 Å². The van der Waals surface area contributed by atoms with Crippen molar-refractivity contribution in [1.29, 1.82) is 0 Å². The predicted octanol–water partition coefficient (Wildman–Crippen LogP) is 1.51. The highest BCUT2D eigenvalue weighted by molar-refractivity contribution is 9.10. The molecule has 0 unspecified atom stereocenters. The average molecular weight is 295 g/mol. The lowest BCUT2D eigenvalue weighted by Gasteiger charge is -2.02. The lowest BCUT2D eigenvalue weighted by Crippen LogP contribution is -2.23. The molecule has 1 heterocycles. The molecule has 0 aliphatic carbocycles. The van der Waals surface area contributed by atoms with Gasteiger partial charge in [0.25, 0.3) is 5.91 Å². The van der Waals surface area contributed by atoms with E-state index >= 15 is 0 Å². The number of carbonyl (C=O) groups is 1. The third kappa shape index (κ3) is 3.13. The number of nitrogens with one attached hydrogen (secondary N) is 1. The van der Waals surface area contributed by atoms with Crippen molar-refractivity contribution < 1.29 is 4.79 Å². The van der Waals surface area contributed by atoms with Crippen LogP contribution in [0.4, 0.5) is 0 Å². The van der Waals surface area contributed by atoms with Crippen molar-refractivity contribution in [2.24, 2.45) is 7.05 Å². The van der Waals surface area contributed by atoms with Crippen molar-refractivity contribution in [1.82, 2.24) is 20.1 Å². The molecule has 1 amide bonds. The lowest BCUT2D eigenvalue weighted by molar-refractivity contribution is 0.0950. The zero-order valence-corrected chi connectivity index (χ0v) is 10.8. The largest absolute Gasteiger partial charge is 0.345 e. The van der Waals surface area contributed by atoms with Gasteiger partial charge < -0.3 is 5.32 Å². The van der Waals surface area contributed by atoms with E-state index in [0.717, 1.165) is 4.47 Å². The first-order chi connectivity index (χ1) is 8.15. The molecule has 2 aromatic rings. The maximum absolute atomic E-state index is 11.7. The molecule has 0 aliphatic heterocycles. The van der Waals surface area contributed by atoms with Gasteiger partial charge in [0.2, 0.25) is 0 Å². The zero-order valence-electron chi connectivity index (χ0n) is 9.22. The number of hydrogen-bond acceptors (Lipinski definition) is 3. The molecule has 0 aliphatic rings. The van der Waals surface area contributed by atoms with Crippen LogP contribution in [0.1, 0.15) is 16.2 Å². The molecule has 0 atom stereocenters. The second-order valence-corrected chi connectivity index (χ2v) is 4.44. The Morgan fingerprint density at radius 3 is 2.71 bits per heavy atom. The van der Waals surface area contributed by atoms with Gasteiger partial charge in [-0.2, -0.15) is 5.10 Å². The molecular formula is C11H11BrN4O. The van der Waals surface area contributed by atoms with Crippen LogP contribution in [0, 0.1) is 0 Å².